The lowest BCUT2D eigenvalue weighted by Gasteiger charge is -2.27. The fourth-order valence-corrected chi connectivity index (χ4v) is 4.11. The number of likely N-dealkylation sites (tertiary alicyclic amines) is 1. The Balaban J connectivity index is 1.22. The minimum Gasteiger partial charge on any atom is -0.492 e. The normalized spacial score (nSPS) is 19.2. The van der Waals surface area contributed by atoms with E-state index in [4.69, 9.17) is 9.47 Å². The van der Waals surface area contributed by atoms with Crippen LogP contribution in [0.1, 0.15) is 30.5 Å². The van der Waals surface area contributed by atoms with E-state index >= 15 is 0 Å². The van der Waals surface area contributed by atoms with Crippen molar-refractivity contribution in [3.05, 3.63) is 77.9 Å². The van der Waals surface area contributed by atoms with Crippen molar-refractivity contribution in [3.63, 3.8) is 0 Å². The van der Waals surface area contributed by atoms with Crippen LogP contribution in [0.4, 0.5) is 4.39 Å². The van der Waals surface area contributed by atoms with Gasteiger partial charge in [-0.2, -0.15) is 5.10 Å². The van der Waals surface area contributed by atoms with Gasteiger partial charge in [0.1, 0.15) is 19.0 Å². The summed E-state index contributed by atoms with van der Waals surface area (Å²) in [7, 11) is 0. The number of aliphatic hydroxyl groups is 1. The van der Waals surface area contributed by atoms with Gasteiger partial charge in [-0.25, -0.2) is 4.39 Å². The maximum Gasteiger partial charge on any atom is 0.165 e. The number of rotatable bonds is 9. The molecule has 1 N–H and O–H groups in total. The van der Waals surface area contributed by atoms with Crippen LogP contribution in [0.15, 0.2) is 60.8 Å². The van der Waals surface area contributed by atoms with Crippen LogP contribution in [-0.4, -0.2) is 51.7 Å². The third-order valence-corrected chi connectivity index (χ3v) is 6.04. The van der Waals surface area contributed by atoms with Crippen LogP contribution < -0.4 is 9.47 Å². The van der Waals surface area contributed by atoms with Crippen molar-refractivity contribution in [1.29, 1.82) is 0 Å². The van der Waals surface area contributed by atoms with E-state index in [-0.39, 0.29) is 12.4 Å². The minimum atomic E-state index is -0.943. The first-order valence-corrected chi connectivity index (χ1v) is 11.5. The van der Waals surface area contributed by atoms with Gasteiger partial charge in [-0.05, 0) is 68.6 Å². The second-order valence-electron chi connectivity index (χ2n) is 8.79. The molecule has 1 unspecified atom stereocenters. The third-order valence-electron chi connectivity index (χ3n) is 6.04. The molecule has 4 rings (SSSR count). The van der Waals surface area contributed by atoms with E-state index in [9.17, 15) is 9.50 Å². The number of aryl methyl sites for hydroxylation is 1. The molecule has 3 aromatic rings. The summed E-state index contributed by atoms with van der Waals surface area (Å²) in [5.74, 6) is 0.632. The summed E-state index contributed by atoms with van der Waals surface area (Å²) in [4.78, 5) is 2.34. The molecule has 0 radical (unpaired) electrons. The van der Waals surface area contributed by atoms with Crippen LogP contribution in [0.25, 0.3) is 0 Å². The van der Waals surface area contributed by atoms with Crippen LogP contribution in [0.3, 0.4) is 0 Å². The van der Waals surface area contributed by atoms with Gasteiger partial charge in [-0.15, -0.1) is 0 Å². The number of para-hydroxylation sites is 1. The highest BCUT2D eigenvalue weighted by atomic mass is 19.1. The number of aromatic nitrogens is 2. The molecule has 1 aliphatic rings. The van der Waals surface area contributed by atoms with Gasteiger partial charge in [0.25, 0.3) is 0 Å². The van der Waals surface area contributed by atoms with Gasteiger partial charge in [0.15, 0.2) is 11.6 Å². The second kappa shape index (κ2) is 10.8. The molecule has 0 aliphatic carbocycles. The molecule has 33 heavy (non-hydrogen) atoms. The average molecular weight is 454 g/mol. The quantitative estimate of drug-likeness (QED) is 0.526. The van der Waals surface area contributed by atoms with Crippen molar-refractivity contribution in [1.82, 2.24) is 14.7 Å². The summed E-state index contributed by atoms with van der Waals surface area (Å²) in [6, 6.07) is 16.5. The molecule has 0 bridgehead atoms. The van der Waals surface area contributed by atoms with Crippen LogP contribution in [0.5, 0.6) is 11.5 Å². The Morgan fingerprint density at radius 3 is 2.61 bits per heavy atom. The molecular weight excluding hydrogens is 421 g/mol. The molecule has 6 nitrogen and oxygen atoms in total. The summed E-state index contributed by atoms with van der Waals surface area (Å²) in [6.45, 7) is 5.85. The molecule has 1 fully saturated rings. The molecule has 0 amide bonds. The lowest BCUT2D eigenvalue weighted by Crippen LogP contribution is -2.37. The number of hydrogen-bond acceptors (Lipinski definition) is 5. The summed E-state index contributed by atoms with van der Waals surface area (Å²) in [5, 5.41) is 15.4. The van der Waals surface area contributed by atoms with Gasteiger partial charge < -0.3 is 14.6 Å². The van der Waals surface area contributed by atoms with Gasteiger partial charge in [0, 0.05) is 19.3 Å². The lowest BCUT2D eigenvalue weighted by molar-refractivity contribution is -0.0177. The van der Waals surface area contributed by atoms with E-state index in [1.54, 1.807) is 18.2 Å². The molecule has 1 atom stereocenters. The Morgan fingerprint density at radius 2 is 1.85 bits per heavy atom. The van der Waals surface area contributed by atoms with Crippen LogP contribution in [0.2, 0.25) is 0 Å². The highest BCUT2D eigenvalue weighted by Gasteiger charge is 2.31. The highest BCUT2D eigenvalue weighted by molar-refractivity contribution is 5.27. The first kappa shape index (κ1) is 23.3. The number of benzene rings is 2. The largest absolute Gasteiger partial charge is 0.492 e. The van der Waals surface area contributed by atoms with Crippen molar-refractivity contribution in [2.75, 3.05) is 26.3 Å². The SMILES string of the molecule is Cc1ccn(CCOc2ccc(CN3CCCC(O)(COc4ccccc4F)CC3)cc2)n1. The van der Waals surface area contributed by atoms with E-state index in [1.165, 1.54) is 11.6 Å². The molecule has 0 spiro atoms. The summed E-state index contributed by atoms with van der Waals surface area (Å²) in [6.07, 6.45) is 4.05. The lowest BCUT2D eigenvalue weighted by atomic mass is 9.96. The van der Waals surface area contributed by atoms with Crippen LogP contribution in [-0.2, 0) is 13.1 Å². The smallest absolute Gasteiger partial charge is 0.165 e. The highest BCUT2D eigenvalue weighted by Crippen LogP contribution is 2.26. The molecule has 1 aromatic heterocycles. The van der Waals surface area contributed by atoms with E-state index in [0.717, 1.165) is 37.5 Å². The molecular formula is C26H32FN3O3. The Hall–Kier alpha value is -2.90. The van der Waals surface area contributed by atoms with Crippen LogP contribution in [0, 0.1) is 12.7 Å². The molecule has 1 aliphatic heterocycles. The maximum atomic E-state index is 13.8. The van der Waals surface area contributed by atoms with Gasteiger partial charge in [0.2, 0.25) is 0 Å². The zero-order valence-corrected chi connectivity index (χ0v) is 19.1. The zero-order valence-electron chi connectivity index (χ0n) is 19.1. The number of ether oxygens (including phenoxy) is 2. The third kappa shape index (κ3) is 6.79. The fraction of sp³-hybridized carbons (Fsp3) is 0.423. The molecule has 7 heteroatoms. The van der Waals surface area contributed by atoms with Gasteiger partial charge >= 0.3 is 0 Å². The number of nitrogens with zero attached hydrogens (tertiary/aromatic N) is 3. The van der Waals surface area contributed by atoms with Crippen LogP contribution >= 0.6 is 0 Å². The maximum absolute atomic E-state index is 13.8. The van der Waals surface area contributed by atoms with Gasteiger partial charge in [-0.3, -0.25) is 9.58 Å². The Labute approximate surface area is 194 Å². The number of hydrogen-bond donors (Lipinski definition) is 1. The van der Waals surface area contributed by atoms with Crippen molar-refractivity contribution in [3.8, 4) is 11.5 Å². The summed E-state index contributed by atoms with van der Waals surface area (Å²) >= 11 is 0. The Morgan fingerprint density at radius 1 is 1.03 bits per heavy atom. The summed E-state index contributed by atoms with van der Waals surface area (Å²) in [5.41, 5.74) is 1.27. The first-order chi connectivity index (χ1) is 16.0. The molecule has 2 heterocycles. The van der Waals surface area contributed by atoms with Crippen molar-refractivity contribution in [2.45, 2.75) is 44.9 Å². The van der Waals surface area contributed by atoms with E-state index < -0.39 is 11.4 Å². The predicted octanol–water partition coefficient (Wildman–Crippen LogP) is 4.21. The van der Waals surface area contributed by atoms with Gasteiger partial charge in [0.05, 0.1) is 17.8 Å². The standard InChI is InChI=1S/C26H32FN3O3/c1-21-11-15-30(28-21)17-18-32-23-9-7-22(8-10-23)19-29-14-4-12-26(31,13-16-29)20-33-25-6-3-2-5-24(25)27/h2-3,5-11,15,31H,4,12-14,16-20H2,1H3. The second-order valence-corrected chi connectivity index (χ2v) is 8.79. The van der Waals surface area contributed by atoms with Crippen molar-refractivity contribution in [2.24, 2.45) is 0 Å². The Kier molecular flexibility index (Phi) is 7.62. The van der Waals surface area contributed by atoms with E-state index in [1.807, 2.05) is 36.0 Å². The monoisotopic (exact) mass is 453 g/mol. The topological polar surface area (TPSA) is 59.8 Å². The zero-order chi connectivity index (χ0) is 23.1. The van der Waals surface area contributed by atoms with Crippen molar-refractivity contribution < 1.29 is 19.0 Å². The molecule has 1 saturated heterocycles. The van der Waals surface area contributed by atoms with Gasteiger partial charge in [-0.1, -0.05) is 24.3 Å². The minimum absolute atomic E-state index is 0.103. The average Bonchev–Trinajstić information content (AvgIpc) is 3.13. The number of halogens is 1. The molecule has 176 valence electrons. The molecule has 2 aromatic carbocycles. The predicted molar refractivity (Wildman–Crippen MR) is 125 cm³/mol. The Bertz CT molecular complexity index is 1020. The van der Waals surface area contributed by atoms with E-state index in [0.29, 0.717) is 26.0 Å². The first-order valence-electron chi connectivity index (χ1n) is 11.5. The molecule has 0 saturated carbocycles. The van der Waals surface area contributed by atoms with Crippen molar-refractivity contribution >= 4 is 0 Å². The summed E-state index contributed by atoms with van der Waals surface area (Å²) < 4.78 is 27.1. The fourth-order valence-electron chi connectivity index (χ4n) is 4.11. The van der Waals surface area contributed by atoms with E-state index in [2.05, 4.69) is 22.1 Å².